The highest BCUT2D eigenvalue weighted by Crippen LogP contribution is 2.21. The number of halogens is 4. The highest BCUT2D eigenvalue weighted by atomic mass is 35.5. The molecule has 8 heteroatoms. The molecule has 3 aromatic rings. The molecule has 0 radical (unpaired) electrons. The van der Waals surface area contributed by atoms with Crippen LogP contribution in [0.15, 0.2) is 48.8 Å². The van der Waals surface area contributed by atoms with Crippen LogP contribution in [0.5, 0.6) is 0 Å². The van der Waals surface area contributed by atoms with Gasteiger partial charge in [-0.15, -0.1) is 37.2 Å². The Morgan fingerprint density at radius 1 is 0.962 bits per heavy atom. The van der Waals surface area contributed by atoms with Gasteiger partial charge in [-0.05, 0) is 42.0 Å². The minimum Gasteiger partial charge on any atom is -0.369 e. The molecule has 4 rings (SSSR count). The Balaban J connectivity index is 0.00000113. The molecule has 3 heterocycles. The summed E-state index contributed by atoms with van der Waals surface area (Å²) in [5.41, 5.74) is 3.56. The Labute approximate surface area is 177 Å². The van der Waals surface area contributed by atoms with Crippen molar-refractivity contribution in [1.29, 1.82) is 0 Å². The number of H-pyrrole nitrogens is 1. The largest absolute Gasteiger partial charge is 0.369 e. The van der Waals surface area contributed by atoms with Crippen LogP contribution in [-0.4, -0.2) is 41.0 Å². The van der Waals surface area contributed by atoms with Crippen LogP contribution in [0.2, 0.25) is 5.02 Å². The standard InChI is InChI=1S/C18H19ClN4.3ClH/c19-15-3-5-16(6-4-15)23-10-8-22(9-11-23)13-14-12-21-18-17(14)2-1-7-20-18;;;/h1-7,12H,8-11,13H2,(H,20,21);3*1H. The number of anilines is 1. The number of piperazine rings is 1. The van der Waals surface area contributed by atoms with Crippen molar-refractivity contribution >= 4 is 65.5 Å². The van der Waals surface area contributed by atoms with E-state index in [1.807, 2.05) is 24.4 Å². The van der Waals surface area contributed by atoms with Gasteiger partial charge in [0, 0.05) is 61.2 Å². The number of hydrogen-bond donors (Lipinski definition) is 1. The van der Waals surface area contributed by atoms with Crippen LogP contribution in [0.3, 0.4) is 0 Å². The van der Waals surface area contributed by atoms with Gasteiger partial charge in [0.05, 0.1) is 0 Å². The monoisotopic (exact) mass is 434 g/mol. The maximum absolute atomic E-state index is 5.97. The van der Waals surface area contributed by atoms with E-state index in [1.165, 1.54) is 16.6 Å². The fourth-order valence-corrected chi connectivity index (χ4v) is 3.33. The molecule has 0 saturated carbocycles. The highest BCUT2D eigenvalue weighted by molar-refractivity contribution is 6.30. The third-order valence-corrected chi connectivity index (χ3v) is 4.75. The number of aromatic nitrogens is 2. The van der Waals surface area contributed by atoms with Gasteiger partial charge in [-0.2, -0.15) is 0 Å². The quantitative estimate of drug-likeness (QED) is 0.641. The van der Waals surface area contributed by atoms with Gasteiger partial charge in [0.25, 0.3) is 0 Å². The Hall–Kier alpha value is -1.17. The molecule has 1 aliphatic heterocycles. The average Bonchev–Trinajstić information content (AvgIpc) is 3.00. The van der Waals surface area contributed by atoms with Crippen molar-refractivity contribution in [3.05, 3.63) is 59.4 Å². The van der Waals surface area contributed by atoms with Gasteiger partial charge in [-0.25, -0.2) is 4.98 Å². The zero-order chi connectivity index (χ0) is 15.6. The summed E-state index contributed by atoms with van der Waals surface area (Å²) in [7, 11) is 0. The Bertz CT molecular complexity index is 798. The lowest BCUT2D eigenvalue weighted by Gasteiger charge is -2.36. The molecule has 1 fully saturated rings. The molecule has 0 aliphatic carbocycles. The molecule has 142 valence electrons. The van der Waals surface area contributed by atoms with Crippen LogP contribution < -0.4 is 4.90 Å². The van der Waals surface area contributed by atoms with Gasteiger partial charge in [0.2, 0.25) is 0 Å². The van der Waals surface area contributed by atoms with Crippen LogP contribution in [0.4, 0.5) is 5.69 Å². The van der Waals surface area contributed by atoms with E-state index in [9.17, 15) is 0 Å². The first-order valence-corrected chi connectivity index (χ1v) is 8.31. The van der Waals surface area contributed by atoms with Crippen molar-refractivity contribution < 1.29 is 0 Å². The van der Waals surface area contributed by atoms with E-state index in [1.54, 1.807) is 0 Å². The van der Waals surface area contributed by atoms with Crippen molar-refractivity contribution in [1.82, 2.24) is 14.9 Å². The summed E-state index contributed by atoms with van der Waals surface area (Å²) in [5, 5.41) is 2.02. The van der Waals surface area contributed by atoms with Crippen molar-refractivity contribution in [2.45, 2.75) is 6.54 Å². The molecule has 1 aliphatic rings. The topological polar surface area (TPSA) is 35.2 Å². The van der Waals surface area contributed by atoms with Gasteiger partial charge < -0.3 is 9.88 Å². The Morgan fingerprint density at radius 2 is 1.65 bits per heavy atom. The summed E-state index contributed by atoms with van der Waals surface area (Å²) in [6, 6.07) is 12.3. The number of rotatable bonds is 3. The molecular weight excluding hydrogens is 414 g/mol. The number of nitrogens with zero attached hydrogens (tertiary/aromatic N) is 3. The van der Waals surface area contributed by atoms with Gasteiger partial charge in [-0.1, -0.05) is 11.6 Å². The number of hydrogen-bond acceptors (Lipinski definition) is 3. The lowest BCUT2D eigenvalue weighted by atomic mass is 10.2. The minimum atomic E-state index is 0. The first kappa shape index (κ1) is 22.9. The van der Waals surface area contributed by atoms with Crippen LogP contribution in [0.1, 0.15) is 5.56 Å². The molecule has 4 nitrogen and oxygen atoms in total. The van der Waals surface area contributed by atoms with E-state index in [4.69, 9.17) is 11.6 Å². The maximum atomic E-state index is 5.97. The first-order chi connectivity index (χ1) is 11.3. The number of pyridine rings is 1. The highest BCUT2D eigenvalue weighted by Gasteiger charge is 2.18. The first-order valence-electron chi connectivity index (χ1n) is 7.93. The van der Waals surface area contributed by atoms with Gasteiger partial charge >= 0.3 is 0 Å². The number of fused-ring (bicyclic) bond motifs is 1. The zero-order valence-electron chi connectivity index (χ0n) is 14.1. The molecule has 0 amide bonds. The van der Waals surface area contributed by atoms with E-state index >= 15 is 0 Å². The molecule has 0 bridgehead atoms. The lowest BCUT2D eigenvalue weighted by molar-refractivity contribution is 0.250. The van der Waals surface area contributed by atoms with Gasteiger partial charge in [0.1, 0.15) is 5.65 Å². The van der Waals surface area contributed by atoms with Crippen molar-refractivity contribution in [2.24, 2.45) is 0 Å². The Morgan fingerprint density at radius 3 is 2.35 bits per heavy atom. The fourth-order valence-electron chi connectivity index (χ4n) is 3.20. The molecule has 26 heavy (non-hydrogen) atoms. The smallest absolute Gasteiger partial charge is 0.137 e. The molecule has 1 aromatic carbocycles. The van der Waals surface area contributed by atoms with Crippen LogP contribution in [0.25, 0.3) is 11.0 Å². The predicted molar refractivity (Wildman–Crippen MR) is 117 cm³/mol. The second-order valence-corrected chi connectivity index (χ2v) is 6.39. The van der Waals surface area contributed by atoms with Gasteiger partial charge in [0.15, 0.2) is 0 Å². The van der Waals surface area contributed by atoms with E-state index in [0.29, 0.717) is 0 Å². The molecule has 1 N–H and O–H groups in total. The number of benzene rings is 1. The molecule has 0 atom stereocenters. The van der Waals surface area contributed by atoms with E-state index in [0.717, 1.165) is 43.4 Å². The van der Waals surface area contributed by atoms with Crippen molar-refractivity contribution in [2.75, 3.05) is 31.1 Å². The summed E-state index contributed by atoms with van der Waals surface area (Å²) >= 11 is 5.97. The normalized spacial score (nSPS) is 14.3. The summed E-state index contributed by atoms with van der Waals surface area (Å²) < 4.78 is 0. The molecule has 2 aromatic heterocycles. The molecule has 0 unspecified atom stereocenters. The third-order valence-electron chi connectivity index (χ3n) is 4.49. The van der Waals surface area contributed by atoms with Crippen LogP contribution in [-0.2, 0) is 6.54 Å². The molecule has 0 spiro atoms. The summed E-state index contributed by atoms with van der Waals surface area (Å²) in [4.78, 5) is 12.5. The molecular formula is C18H22Cl4N4. The van der Waals surface area contributed by atoms with Crippen molar-refractivity contribution in [3.63, 3.8) is 0 Å². The summed E-state index contributed by atoms with van der Waals surface area (Å²) in [5.74, 6) is 0. The maximum Gasteiger partial charge on any atom is 0.137 e. The van der Waals surface area contributed by atoms with Crippen LogP contribution in [0, 0.1) is 0 Å². The summed E-state index contributed by atoms with van der Waals surface area (Å²) in [6.45, 7) is 5.19. The van der Waals surface area contributed by atoms with E-state index < -0.39 is 0 Å². The zero-order valence-corrected chi connectivity index (χ0v) is 17.3. The van der Waals surface area contributed by atoms with Crippen LogP contribution >= 0.6 is 48.8 Å². The second-order valence-electron chi connectivity index (χ2n) is 5.95. The third kappa shape index (κ3) is 4.96. The van der Waals surface area contributed by atoms with Gasteiger partial charge in [-0.3, -0.25) is 4.90 Å². The SMILES string of the molecule is Cl.Cl.Cl.Clc1ccc(N2CCN(Cc3c[nH]c4ncccc34)CC2)cc1. The minimum absolute atomic E-state index is 0. The van der Waals surface area contributed by atoms with E-state index in [2.05, 4.69) is 44.2 Å². The Kier molecular flexibility index (Phi) is 9.01. The second kappa shape index (κ2) is 10.2. The number of aromatic amines is 1. The lowest BCUT2D eigenvalue weighted by Crippen LogP contribution is -2.45. The summed E-state index contributed by atoms with van der Waals surface area (Å²) in [6.07, 6.45) is 3.91. The molecule has 1 saturated heterocycles. The fraction of sp³-hybridized carbons (Fsp3) is 0.278. The van der Waals surface area contributed by atoms with Crippen molar-refractivity contribution in [3.8, 4) is 0 Å². The van der Waals surface area contributed by atoms with E-state index in [-0.39, 0.29) is 37.2 Å². The average molecular weight is 436 g/mol. The predicted octanol–water partition coefficient (Wildman–Crippen LogP) is 4.80. The number of nitrogens with one attached hydrogen (secondary N) is 1.